The van der Waals surface area contributed by atoms with Gasteiger partial charge in [0.2, 0.25) is 0 Å². The second-order valence-electron chi connectivity index (χ2n) is 7.31. The fourth-order valence-electron chi connectivity index (χ4n) is 3.38. The van der Waals surface area contributed by atoms with Crippen LogP contribution in [0.4, 0.5) is 5.69 Å². The van der Waals surface area contributed by atoms with Crippen LogP contribution in [0, 0.1) is 13.8 Å². The van der Waals surface area contributed by atoms with Crippen LogP contribution in [0.3, 0.4) is 0 Å². The number of carbonyl (C=O) groups is 2. The van der Waals surface area contributed by atoms with Gasteiger partial charge in [-0.05, 0) is 74.4 Å². The Morgan fingerprint density at radius 2 is 1.81 bits per heavy atom. The average molecular weight is 449 g/mol. The minimum Gasteiger partial charge on any atom is -0.462 e. The number of aromatic nitrogens is 3. The van der Waals surface area contributed by atoms with Crippen LogP contribution >= 0.6 is 11.6 Å². The molecule has 1 amide bonds. The van der Waals surface area contributed by atoms with E-state index in [1.165, 1.54) is 12.3 Å². The highest BCUT2D eigenvalue weighted by molar-refractivity contribution is 6.29. The van der Waals surface area contributed by atoms with Gasteiger partial charge in [-0.3, -0.25) is 9.36 Å². The van der Waals surface area contributed by atoms with Crippen LogP contribution in [-0.2, 0) is 4.74 Å². The number of anilines is 1. The van der Waals surface area contributed by atoms with Crippen molar-refractivity contribution in [2.24, 2.45) is 0 Å². The van der Waals surface area contributed by atoms with Crippen molar-refractivity contribution in [2.75, 3.05) is 11.9 Å². The number of rotatable bonds is 5. The van der Waals surface area contributed by atoms with E-state index in [4.69, 9.17) is 16.3 Å². The predicted octanol–water partition coefficient (Wildman–Crippen LogP) is 5.12. The Balaban J connectivity index is 1.82. The molecule has 0 bridgehead atoms. The average Bonchev–Trinajstić information content (AvgIpc) is 3.16. The first-order chi connectivity index (χ1) is 15.4. The van der Waals surface area contributed by atoms with E-state index in [1.807, 2.05) is 30.5 Å². The lowest BCUT2D eigenvalue weighted by Crippen LogP contribution is -2.15. The Morgan fingerprint density at radius 1 is 1.03 bits per heavy atom. The van der Waals surface area contributed by atoms with Crippen LogP contribution in [0.15, 0.2) is 55.0 Å². The first-order valence-electron chi connectivity index (χ1n) is 10.1. The number of ether oxygens (including phenoxy) is 1. The molecule has 0 aliphatic rings. The van der Waals surface area contributed by atoms with Crippen molar-refractivity contribution >= 4 is 40.2 Å². The van der Waals surface area contributed by atoms with Crippen LogP contribution in [0.5, 0.6) is 0 Å². The lowest BCUT2D eigenvalue weighted by Gasteiger charge is -2.15. The standard InChI is InChI=1S/C24H21ClN4O3/c1-4-32-24(31)17-5-6-20(29-13-27-18-9-14(2)15(3)10-21(18)29)19(11-17)28-23(30)16-7-8-26-22(25)12-16/h5-13H,4H2,1-3H3,(H,28,30). The Kier molecular flexibility index (Phi) is 5.92. The zero-order valence-corrected chi connectivity index (χ0v) is 18.6. The molecule has 32 heavy (non-hydrogen) atoms. The number of fused-ring (bicyclic) bond motifs is 1. The van der Waals surface area contributed by atoms with Crippen LogP contribution in [0.2, 0.25) is 5.15 Å². The molecule has 1 N–H and O–H groups in total. The molecule has 0 radical (unpaired) electrons. The van der Waals surface area contributed by atoms with Crippen molar-refractivity contribution < 1.29 is 14.3 Å². The topological polar surface area (TPSA) is 86.1 Å². The van der Waals surface area contributed by atoms with Gasteiger partial charge in [-0.1, -0.05) is 11.6 Å². The van der Waals surface area contributed by atoms with E-state index in [0.717, 1.165) is 22.2 Å². The normalized spacial score (nSPS) is 10.9. The van der Waals surface area contributed by atoms with E-state index >= 15 is 0 Å². The van der Waals surface area contributed by atoms with E-state index < -0.39 is 5.97 Å². The fourth-order valence-corrected chi connectivity index (χ4v) is 3.56. The molecule has 0 aliphatic heterocycles. The molecule has 2 aromatic carbocycles. The quantitative estimate of drug-likeness (QED) is 0.338. The van der Waals surface area contributed by atoms with Gasteiger partial charge >= 0.3 is 5.97 Å². The molecule has 0 unspecified atom stereocenters. The maximum Gasteiger partial charge on any atom is 0.338 e. The predicted molar refractivity (Wildman–Crippen MR) is 124 cm³/mol. The second-order valence-corrected chi connectivity index (χ2v) is 7.70. The molecule has 2 heterocycles. The minimum atomic E-state index is -0.469. The summed E-state index contributed by atoms with van der Waals surface area (Å²) in [4.78, 5) is 33.6. The number of halogens is 1. The highest BCUT2D eigenvalue weighted by Gasteiger charge is 2.17. The number of hydrogen-bond acceptors (Lipinski definition) is 5. The smallest absolute Gasteiger partial charge is 0.338 e. The van der Waals surface area contributed by atoms with Gasteiger partial charge < -0.3 is 10.1 Å². The Morgan fingerprint density at radius 3 is 2.56 bits per heavy atom. The van der Waals surface area contributed by atoms with Gasteiger partial charge in [-0.25, -0.2) is 14.8 Å². The molecule has 2 aromatic heterocycles. The first-order valence-corrected chi connectivity index (χ1v) is 10.4. The summed E-state index contributed by atoms with van der Waals surface area (Å²) in [6, 6.07) is 12.1. The summed E-state index contributed by atoms with van der Waals surface area (Å²) in [5.74, 6) is -0.850. The molecule has 4 aromatic rings. The maximum atomic E-state index is 12.9. The van der Waals surface area contributed by atoms with Crippen molar-refractivity contribution in [3.63, 3.8) is 0 Å². The van der Waals surface area contributed by atoms with Crippen molar-refractivity contribution in [1.82, 2.24) is 14.5 Å². The third-order valence-electron chi connectivity index (χ3n) is 5.17. The summed E-state index contributed by atoms with van der Waals surface area (Å²) < 4.78 is 7.00. The molecule has 162 valence electrons. The first kappa shape index (κ1) is 21.5. The number of nitrogens with one attached hydrogen (secondary N) is 1. The summed E-state index contributed by atoms with van der Waals surface area (Å²) in [5, 5.41) is 3.10. The highest BCUT2D eigenvalue weighted by atomic mass is 35.5. The van der Waals surface area contributed by atoms with E-state index in [-0.39, 0.29) is 17.7 Å². The SMILES string of the molecule is CCOC(=O)c1ccc(-n2cnc3cc(C)c(C)cc32)c(NC(=O)c2ccnc(Cl)c2)c1. The van der Waals surface area contributed by atoms with Gasteiger partial charge in [-0.2, -0.15) is 0 Å². The number of amides is 1. The van der Waals surface area contributed by atoms with Crippen LogP contribution < -0.4 is 5.32 Å². The van der Waals surface area contributed by atoms with Gasteiger partial charge in [0.15, 0.2) is 0 Å². The fraction of sp³-hybridized carbons (Fsp3) is 0.167. The third-order valence-corrected chi connectivity index (χ3v) is 5.37. The lowest BCUT2D eigenvalue weighted by molar-refractivity contribution is 0.0526. The van der Waals surface area contributed by atoms with Gasteiger partial charge in [-0.15, -0.1) is 0 Å². The molecule has 8 heteroatoms. The second kappa shape index (κ2) is 8.80. The molecule has 7 nitrogen and oxygen atoms in total. The molecule has 0 fully saturated rings. The summed E-state index contributed by atoms with van der Waals surface area (Å²) in [7, 11) is 0. The molecule has 0 spiro atoms. The number of nitrogens with zero attached hydrogens (tertiary/aromatic N) is 3. The van der Waals surface area contributed by atoms with E-state index in [0.29, 0.717) is 22.5 Å². The molecule has 0 saturated heterocycles. The molecule has 0 saturated carbocycles. The van der Waals surface area contributed by atoms with Crippen molar-refractivity contribution in [3.8, 4) is 5.69 Å². The number of esters is 1. The Labute approximate surface area is 190 Å². The molecular formula is C24H21ClN4O3. The monoisotopic (exact) mass is 448 g/mol. The molecule has 0 atom stereocenters. The highest BCUT2D eigenvalue weighted by Crippen LogP contribution is 2.28. The number of pyridine rings is 1. The van der Waals surface area contributed by atoms with Crippen molar-refractivity contribution in [3.05, 3.63) is 82.4 Å². The summed E-state index contributed by atoms with van der Waals surface area (Å²) in [6.07, 6.45) is 3.16. The van der Waals surface area contributed by atoms with Crippen LogP contribution in [-0.4, -0.2) is 33.0 Å². The Bertz CT molecular complexity index is 1350. The number of hydrogen-bond donors (Lipinski definition) is 1. The summed E-state index contributed by atoms with van der Waals surface area (Å²) in [6.45, 7) is 6.06. The largest absolute Gasteiger partial charge is 0.462 e. The van der Waals surface area contributed by atoms with Gasteiger partial charge in [0.25, 0.3) is 5.91 Å². The van der Waals surface area contributed by atoms with E-state index in [1.54, 1.807) is 37.5 Å². The zero-order valence-electron chi connectivity index (χ0n) is 17.8. The van der Waals surface area contributed by atoms with Crippen LogP contribution in [0.25, 0.3) is 16.7 Å². The van der Waals surface area contributed by atoms with Crippen LogP contribution in [0.1, 0.15) is 38.8 Å². The molecular weight excluding hydrogens is 428 g/mol. The summed E-state index contributed by atoms with van der Waals surface area (Å²) >= 11 is 5.93. The van der Waals surface area contributed by atoms with Crippen molar-refractivity contribution in [1.29, 1.82) is 0 Å². The Hall–Kier alpha value is -3.71. The molecule has 4 rings (SSSR count). The number of benzene rings is 2. The zero-order chi connectivity index (χ0) is 22.8. The van der Waals surface area contributed by atoms with Gasteiger partial charge in [0.05, 0.1) is 34.6 Å². The van der Waals surface area contributed by atoms with E-state index in [2.05, 4.69) is 15.3 Å². The van der Waals surface area contributed by atoms with Crippen molar-refractivity contribution in [2.45, 2.75) is 20.8 Å². The molecule has 0 aliphatic carbocycles. The van der Waals surface area contributed by atoms with Gasteiger partial charge in [0.1, 0.15) is 11.5 Å². The number of aryl methyl sites for hydroxylation is 2. The van der Waals surface area contributed by atoms with Gasteiger partial charge in [0, 0.05) is 11.8 Å². The maximum absolute atomic E-state index is 12.9. The summed E-state index contributed by atoms with van der Waals surface area (Å²) in [5.41, 5.74) is 5.76. The third kappa shape index (κ3) is 4.20. The minimum absolute atomic E-state index is 0.213. The number of imidazole rings is 1. The lowest BCUT2D eigenvalue weighted by atomic mass is 10.1. The van der Waals surface area contributed by atoms with E-state index in [9.17, 15) is 9.59 Å². The number of carbonyl (C=O) groups excluding carboxylic acids is 2.